The molecule has 3 aromatic heterocycles. The molecule has 0 unspecified atom stereocenters. The van der Waals surface area contributed by atoms with E-state index in [9.17, 15) is 0 Å². The monoisotopic (exact) mass is 484 g/mol. The van der Waals surface area contributed by atoms with Gasteiger partial charge in [0.2, 0.25) is 0 Å². The molecule has 0 saturated carbocycles. The number of hydrogen-bond donors (Lipinski definition) is 1. The van der Waals surface area contributed by atoms with Gasteiger partial charge in [0.05, 0.1) is 24.1 Å². The van der Waals surface area contributed by atoms with Gasteiger partial charge in [0.1, 0.15) is 5.52 Å². The van der Waals surface area contributed by atoms with E-state index in [1.165, 1.54) is 11.1 Å². The van der Waals surface area contributed by atoms with Gasteiger partial charge in [-0.05, 0) is 61.8 Å². The van der Waals surface area contributed by atoms with Crippen molar-refractivity contribution in [1.29, 1.82) is 0 Å². The van der Waals surface area contributed by atoms with E-state index >= 15 is 0 Å². The van der Waals surface area contributed by atoms with Crippen LogP contribution >= 0.6 is 0 Å². The van der Waals surface area contributed by atoms with E-state index in [-0.39, 0.29) is 0 Å². The Hall–Kier alpha value is -3.03. The van der Waals surface area contributed by atoms with Gasteiger partial charge >= 0.3 is 0 Å². The molecule has 5 heterocycles. The highest BCUT2D eigenvalue weighted by Crippen LogP contribution is 2.34. The largest absolute Gasteiger partial charge is 0.381 e. The minimum Gasteiger partial charge on any atom is -0.381 e. The van der Waals surface area contributed by atoms with Crippen LogP contribution in [-0.2, 0) is 11.2 Å². The quantitative estimate of drug-likeness (QED) is 0.386. The van der Waals surface area contributed by atoms with Crippen molar-refractivity contribution >= 4 is 11.2 Å². The van der Waals surface area contributed by atoms with Gasteiger partial charge in [-0.2, -0.15) is 5.10 Å². The van der Waals surface area contributed by atoms with Crippen LogP contribution in [0.3, 0.4) is 0 Å². The summed E-state index contributed by atoms with van der Waals surface area (Å²) in [6.45, 7) is 9.63. The average molecular weight is 485 g/mol. The molecular weight excluding hydrogens is 448 g/mol. The summed E-state index contributed by atoms with van der Waals surface area (Å²) in [7, 11) is 0. The second-order valence-electron chi connectivity index (χ2n) is 10.2. The molecule has 36 heavy (non-hydrogen) atoms. The first-order valence-corrected chi connectivity index (χ1v) is 13.6. The van der Waals surface area contributed by atoms with Crippen molar-refractivity contribution in [3.63, 3.8) is 0 Å². The number of ether oxygens (including phenoxy) is 1. The Morgan fingerprint density at radius 1 is 1.03 bits per heavy atom. The highest BCUT2D eigenvalue weighted by molar-refractivity contribution is 5.91. The molecule has 7 heteroatoms. The number of aromatic amines is 1. The summed E-state index contributed by atoms with van der Waals surface area (Å²) < 4.78 is 7.74. The molecule has 0 spiro atoms. The zero-order chi connectivity index (χ0) is 24.5. The number of rotatable bonds is 6. The van der Waals surface area contributed by atoms with E-state index in [1.807, 2.05) is 18.6 Å². The van der Waals surface area contributed by atoms with E-state index in [2.05, 4.69) is 52.8 Å². The van der Waals surface area contributed by atoms with E-state index < -0.39 is 0 Å². The number of likely N-dealkylation sites (tertiary alicyclic amines) is 1. The molecule has 1 N–H and O–H groups in total. The third-order valence-corrected chi connectivity index (χ3v) is 8.15. The molecule has 188 valence electrons. The number of fused-ring (bicyclic) bond motifs is 1. The summed E-state index contributed by atoms with van der Waals surface area (Å²) in [5.41, 5.74) is 8.79. The van der Waals surface area contributed by atoms with E-state index in [0.29, 0.717) is 12.0 Å². The molecule has 1 aromatic carbocycles. The Kier molecular flexibility index (Phi) is 6.59. The number of aromatic nitrogens is 5. The number of benzene rings is 1. The van der Waals surface area contributed by atoms with Crippen molar-refractivity contribution in [3.8, 4) is 22.4 Å². The second-order valence-corrected chi connectivity index (χ2v) is 10.2. The predicted octanol–water partition coefficient (Wildman–Crippen LogP) is 5.60. The van der Waals surface area contributed by atoms with Crippen molar-refractivity contribution in [2.45, 2.75) is 57.9 Å². The first kappa shape index (κ1) is 23.4. The number of piperidine rings is 1. The maximum absolute atomic E-state index is 5.58. The van der Waals surface area contributed by atoms with Crippen LogP contribution in [0.5, 0.6) is 0 Å². The lowest BCUT2D eigenvalue weighted by atomic mass is 9.86. The Bertz CT molecular complexity index is 1330. The van der Waals surface area contributed by atoms with Crippen LogP contribution in [0.25, 0.3) is 33.5 Å². The van der Waals surface area contributed by atoms with Gasteiger partial charge in [-0.1, -0.05) is 26.0 Å². The van der Waals surface area contributed by atoms with E-state index in [4.69, 9.17) is 19.8 Å². The van der Waals surface area contributed by atoms with Crippen molar-refractivity contribution in [2.24, 2.45) is 0 Å². The Morgan fingerprint density at radius 3 is 2.64 bits per heavy atom. The summed E-state index contributed by atoms with van der Waals surface area (Å²) in [6, 6.07) is 7.30. The smallest absolute Gasteiger partial charge is 0.156 e. The van der Waals surface area contributed by atoms with Gasteiger partial charge in [-0.15, -0.1) is 0 Å². The van der Waals surface area contributed by atoms with Gasteiger partial charge in [-0.25, -0.2) is 9.97 Å². The molecule has 6 rings (SSSR count). The fourth-order valence-corrected chi connectivity index (χ4v) is 5.91. The molecule has 2 saturated heterocycles. The summed E-state index contributed by atoms with van der Waals surface area (Å²) in [5.74, 6) is 0.596. The standard InChI is InChI=1S/C29H36N6O/c1-3-20-15-22(5-6-25(20)21-9-13-36-14-10-21)27-18-31-29-28(33-27)26(17-30-29)23-16-32-35(19-23)24-7-11-34(4-2)12-8-24/h5-6,15-19,21,24H,3-4,7-14H2,1-2H3,(H,30,31). The predicted molar refractivity (Wildman–Crippen MR) is 143 cm³/mol. The van der Waals surface area contributed by atoms with E-state index in [0.717, 1.165) is 98.5 Å². The molecule has 0 radical (unpaired) electrons. The molecule has 2 aliphatic heterocycles. The third kappa shape index (κ3) is 4.46. The van der Waals surface area contributed by atoms with Crippen LogP contribution in [0.1, 0.15) is 62.6 Å². The summed E-state index contributed by atoms with van der Waals surface area (Å²) in [6.07, 6.45) is 13.6. The topological polar surface area (TPSA) is 71.9 Å². The minimum atomic E-state index is 0.468. The number of nitrogens with zero attached hydrogens (tertiary/aromatic N) is 5. The lowest BCUT2D eigenvalue weighted by Gasteiger charge is -2.31. The van der Waals surface area contributed by atoms with E-state index in [1.54, 1.807) is 0 Å². The van der Waals surface area contributed by atoms with Crippen LogP contribution in [0.15, 0.2) is 43.0 Å². The van der Waals surface area contributed by atoms with Gasteiger partial charge in [-0.3, -0.25) is 4.68 Å². The maximum Gasteiger partial charge on any atom is 0.156 e. The number of hydrogen-bond acceptors (Lipinski definition) is 5. The normalized spacial score (nSPS) is 18.3. The fourth-order valence-electron chi connectivity index (χ4n) is 5.91. The molecule has 7 nitrogen and oxygen atoms in total. The Labute approximate surface area is 212 Å². The van der Waals surface area contributed by atoms with Gasteiger partial charge in [0.25, 0.3) is 0 Å². The molecule has 2 aliphatic rings. The number of H-pyrrole nitrogens is 1. The highest BCUT2D eigenvalue weighted by atomic mass is 16.5. The Balaban J connectivity index is 1.28. The summed E-state index contributed by atoms with van der Waals surface area (Å²) >= 11 is 0. The number of aryl methyl sites for hydroxylation is 1. The SMILES string of the molecule is CCc1cc(-c2cnc3[nH]cc(-c4cnn(C5CCN(CC)CC5)c4)c3n2)ccc1C1CCOCC1. The van der Waals surface area contributed by atoms with Gasteiger partial charge in [0.15, 0.2) is 5.65 Å². The zero-order valence-corrected chi connectivity index (χ0v) is 21.4. The van der Waals surface area contributed by atoms with Crippen molar-refractivity contribution < 1.29 is 4.74 Å². The fraction of sp³-hybridized carbons (Fsp3) is 0.483. The molecule has 4 aromatic rings. The summed E-state index contributed by atoms with van der Waals surface area (Å²) in [5, 5.41) is 4.74. The second kappa shape index (κ2) is 10.1. The summed E-state index contributed by atoms with van der Waals surface area (Å²) in [4.78, 5) is 15.6. The molecule has 2 fully saturated rings. The van der Waals surface area contributed by atoms with Crippen LogP contribution in [0.2, 0.25) is 0 Å². The highest BCUT2D eigenvalue weighted by Gasteiger charge is 2.22. The van der Waals surface area contributed by atoms with Gasteiger partial charge < -0.3 is 14.6 Å². The van der Waals surface area contributed by atoms with Crippen molar-refractivity contribution in [2.75, 3.05) is 32.8 Å². The lowest BCUT2D eigenvalue weighted by molar-refractivity contribution is 0.0852. The number of nitrogens with one attached hydrogen (secondary N) is 1. The average Bonchev–Trinajstić information content (AvgIpc) is 3.60. The van der Waals surface area contributed by atoms with Crippen LogP contribution in [-0.4, -0.2) is 62.5 Å². The molecule has 0 atom stereocenters. The Morgan fingerprint density at radius 2 is 1.86 bits per heavy atom. The minimum absolute atomic E-state index is 0.468. The van der Waals surface area contributed by atoms with Crippen molar-refractivity contribution in [1.82, 2.24) is 29.6 Å². The third-order valence-electron chi connectivity index (χ3n) is 8.15. The molecule has 0 amide bonds. The lowest BCUT2D eigenvalue weighted by Crippen LogP contribution is -2.34. The molecule has 0 aliphatic carbocycles. The van der Waals surface area contributed by atoms with Crippen LogP contribution in [0.4, 0.5) is 0 Å². The maximum atomic E-state index is 5.58. The van der Waals surface area contributed by atoms with Crippen LogP contribution < -0.4 is 0 Å². The molecule has 0 bridgehead atoms. The first-order chi connectivity index (χ1) is 17.7. The zero-order valence-electron chi connectivity index (χ0n) is 21.4. The first-order valence-electron chi connectivity index (χ1n) is 13.6. The van der Waals surface area contributed by atoms with Gasteiger partial charge in [0, 0.05) is 55.4 Å². The van der Waals surface area contributed by atoms with Crippen LogP contribution in [0, 0.1) is 0 Å². The van der Waals surface area contributed by atoms with Crippen molar-refractivity contribution in [3.05, 3.63) is 54.1 Å². The molecular formula is C29H36N6O.